The number of rotatable bonds is 9. The number of nitrogens with two attached hydrogens (primary N) is 1. The van der Waals surface area contributed by atoms with Crippen LogP contribution in [0.2, 0.25) is 10.0 Å². The second-order valence-electron chi connectivity index (χ2n) is 9.84. The van der Waals surface area contributed by atoms with Crippen LogP contribution in [0, 0.1) is 0 Å². The van der Waals surface area contributed by atoms with Gasteiger partial charge in [0.15, 0.2) is 0 Å². The molecule has 0 fully saturated rings. The molecule has 0 spiro atoms. The molecule has 1 aliphatic heterocycles. The van der Waals surface area contributed by atoms with Crippen LogP contribution < -0.4 is 19.5 Å². The normalized spacial score (nSPS) is 13.4. The lowest BCUT2D eigenvalue weighted by Gasteiger charge is -2.25. The Bertz CT molecular complexity index is 1710. The van der Waals surface area contributed by atoms with E-state index in [0.717, 1.165) is 16.7 Å². The minimum absolute atomic E-state index is 0.100. The van der Waals surface area contributed by atoms with Crippen molar-refractivity contribution < 1.29 is 22.7 Å². The molecule has 4 aromatic carbocycles. The Balaban J connectivity index is 1.43. The molecular weight excluding hydrogens is 597 g/mol. The van der Waals surface area contributed by atoms with Gasteiger partial charge in [-0.25, -0.2) is 12.7 Å². The van der Waals surface area contributed by atoms with E-state index < -0.39 is 16.1 Å². The molecule has 0 saturated carbocycles. The molecule has 1 heterocycles. The van der Waals surface area contributed by atoms with Gasteiger partial charge < -0.3 is 20.1 Å². The largest absolute Gasteiger partial charge is 0.497 e. The summed E-state index contributed by atoms with van der Waals surface area (Å²) in [7, 11) is -0.974. The van der Waals surface area contributed by atoms with E-state index in [1.807, 2.05) is 6.07 Å². The molecule has 0 bridgehead atoms. The highest BCUT2D eigenvalue weighted by Crippen LogP contribution is 2.37. The molecule has 2 N–H and O–H groups in total. The predicted octanol–water partition coefficient (Wildman–Crippen LogP) is 5.95. The molecular formula is C31H29Cl2N3O5S. The number of carbonyl (C=O) groups is 1. The number of benzene rings is 4. The van der Waals surface area contributed by atoms with Crippen LogP contribution in [-0.2, 0) is 34.3 Å². The van der Waals surface area contributed by atoms with Gasteiger partial charge in [0.1, 0.15) is 11.5 Å². The van der Waals surface area contributed by atoms with Crippen molar-refractivity contribution in [2.75, 3.05) is 18.5 Å². The van der Waals surface area contributed by atoms with Crippen LogP contribution in [0.5, 0.6) is 11.5 Å². The average Bonchev–Trinajstić information content (AvgIpc) is 3.42. The number of nitrogens with zero attached hydrogens (tertiary/aromatic N) is 2. The fraction of sp³-hybridized carbons (Fsp3) is 0.194. The fourth-order valence-corrected chi connectivity index (χ4v) is 6.87. The highest BCUT2D eigenvalue weighted by atomic mass is 35.5. The van der Waals surface area contributed by atoms with Gasteiger partial charge in [0.05, 0.1) is 36.5 Å². The van der Waals surface area contributed by atoms with E-state index >= 15 is 0 Å². The van der Waals surface area contributed by atoms with Gasteiger partial charge >= 0.3 is 0 Å². The lowest BCUT2D eigenvalue weighted by molar-refractivity contribution is -0.133. The minimum Gasteiger partial charge on any atom is -0.497 e. The van der Waals surface area contributed by atoms with Crippen LogP contribution >= 0.6 is 23.2 Å². The van der Waals surface area contributed by atoms with Crippen molar-refractivity contribution in [3.05, 3.63) is 112 Å². The van der Waals surface area contributed by atoms with Crippen molar-refractivity contribution in [3.8, 4) is 11.5 Å². The molecule has 1 amide bonds. The first kappa shape index (κ1) is 29.7. The minimum atomic E-state index is -4.04. The lowest BCUT2D eigenvalue weighted by atomic mass is 10.1. The maximum absolute atomic E-state index is 14.0. The van der Waals surface area contributed by atoms with Gasteiger partial charge in [-0.05, 0) is 95.9 Å². The summed E-state index contributed by atoms with van der Waals surface area (Å²) in [5.74, 6) is 0.917. The summed E-state index contributed by atoms with van der Waals surface area (Å²) >= 11 is 12.3. The molecule has 0 aromatic heterocycles. The molecule has 0 unspecified atom stereocenters. The zero-order valence-electron chi connectivity index (χ0n) is 23.0. The Morgan fingerprint density at radius 2 is 1.45 bits per heavy atom. The van der Waals surface area contributed by atoms with Gasteiger partial charge in [0.25, 0.3) is 10.0 Å². The molecule has 4 aromatic rings. The molecule has 0 aliphatic carbocycles. The summed E-state index contributed by atoms with van der Waals surface area (Å²) in [5.41, 5.74) is 9.65. The third-order valence-electron chi connectivity index (χ3n) is 7.14. The number of carbonyl (C=O) groups excluding carboxylic acids is 1. The van der Waals surface area contributed by atoms with Gasteiger partial charge in [-0.2, -0.15) is 0 Å². The topological polar surface area (TPSA) is 102 Å². The van der Waals surface area contributed by atoms with Crippen LogP contribution in [0.15, 0.2) is 89.8 Å². The summed E-state index contributed by atoms with van der Waals surface area (Å²) in [6.45, 7) is 0.660. The molecule has 8 nitrogen and oxygen atoms in total. The van der Waals surface area contributed by atoms with Crippen LogP contribution in [0.25, 0.3) is 0 Å². The number of hydrogen-bond acceptors (Lipinski definition) is 6. The van der Waals surface area contributed by atoms with E-state index in [0.29, 0.717) is 46.0 Å². The Morgan fingerprint density at radius 3 is 2.07 bits per heavy atom. The molecule has 218 valence electrons. The molecule has 5 rings (SSSR count). The monoisotopic (exact) mass is 625 g/mol. The summed E-state index contributed by atoms with van der Waals surface area (Å²) in [5, 5.41) is 0.962. The lowest BCUT2D eigenvalue weighted by Crippen LogP contribution is -2.42. The van der Waals surface area contributed by atoms with Gasteiger partial charge in [0, 0.05) is 23.1 Å². The van der Waals surface area contributed by atoms with Crippen molar-refractivity contribution in [1.29, 1.82) is 0 Å². The molecule has 1 aliphatic rings. The first-order chi connectivity index (χ1) is 20.1. The number of anilines is 2. The van der Waals surface area contributed by atoms with Crippen molar-refractivity contribution in [3.63, 3.8) is 0 Å². The highest BCUT2D eigenvalue weighted by Gasteiger charge is 2.31. The second kappa shape index (κ2) is 12.2. The second-order valence-corrected chi connectivity index (χ2v) is 12.5. The molecule has 1 atom stereocenters. The first-order valence-corrected chi connectivity index (χ1v) is 15.2. The maximum atomic E-state index is 14.0. The van der Waals surface area contributed by atoms with E-state index in [1.54, 1.807) is 78.7 Å². The van der Waals surface area contributed by atoms with Crippen LogP contribution in [0.4, 0.5) is 11.4 Å². The van der Waals surface area contributed by atoms with Crippen LogP contribution in [0.1, 0.15) is 16.7 Å². The van der Waals surface area contributed by atoms with Crippen LogP contribution in [0.3, 0.4) is 0 Å². The third-order valence-corrected chi connectivity index (χ3v) is 9.49. The van der Waals surface area contributed by atoms with Gasteiger partial charge in [-0.1, -0.05) is 35.3 Å². The highest BCUT2D eigenvalue weighted by molar-refractivity contribution is 7.93. The zero-order chi connectivity index (χ0) is 30.0. The first-order valence-electron chi connectivity index (χ1n) is 13.0. The van der Waals surface area contributed by atoms with E-state index in [-0.39, 0.29) is 17.2 Å². The Morgan fingerprint density at radius 1 is 0.857 bits per heavy atom. The SMILES string of the molecule is COc1ccc(N(c2ccc3c(c2)CN(C(=O)[C@H](N)Cc2ccc(Cl)cc2Cl)C3)S(=O)(=O)c2ccc(OC)cc2)cc1. The third kappa shape index (κ3) is 6.05. The van der Waals surface area contributed by atoms with E-state index in [1.165, 1.54) is 23.5 Å². The fourth-order valence-electron chi connectivity index (χ4n) is 4.91. The number of halogens is 2. The maximum Gasteiger partial charge on any atom is 0.268 e. The van der Waals surface area contributed by atoms with Crippen molar-refractivity contribution >= 4 is 50.5 Å². The predicted molar refractivity (Wildman–Crippen MR) is 164 cm³/mol. The van der Waals surface area contributed by atoms with Crippen molar-refractivity contribution in [2.45, 2.75) is 30.4 Å². The summed E-state index contributed by atoms with van der Waals surface area (Å²) in [6, 6.07) is 22.7. The number of hydrogen-bond donors (Lipinski definition) is 1. The average molecular weight is 627 g/mol. The molecule has 0 saturated heterocycles. The summed E-state index contributed by atoms with van der Waals surface area (Å²) < 4.78 is 39.8. The number of amides is 1. The Labute approximate surface area is 255 Å². The van der Waals surface area contributed by atoms with Crippen LogP contribution in [-0.4, -0.2) is 39.5 Å². The Hall–Kier alpha value is -3.76. The molecule has 11 heteroatoms. The summed E-state index contributed by atoms with van der Waals surface area (Å²) in [6.07, 6.45) is 0.262. The number of methoxy groups -OCH3 is 2. The number of fused-ring (bicyclic) bond motifs is 1. The molecule has 0 radical (unpaired) electrons. The number of sulfonamides is 1. The van der Waals surface area contributed by atoms with E-state index in [9.17, 15) is 13.2 Å². The standard InChI is InChI=1S/C31H29Cl2N3O5S/c1-40-26-9-7-24(8-10-26)36(42(38,39)28-13-11-27(41-2)12-14-28)25-6-4-21-18-35(19-22(21)15-25)31(37)30(34)16-20-3-5-23(32)17-29(20)33/h3-15,17,30H,16,18-19,34H2,1-2H3/t30-/m1/s1. The number of ether oxygens (including phenoxy) is 2. The van der Waals surface area contributed by atoms with Crippen molar-refractivity contribution in [1.82, 2.24) is 4.90 Å². The Kier molecular flexibility index (Phi) is 8.65. The van der Waals surface area contributed by atoms with Gasteiger partial charge in [-0.15, -0.1) is 0 Å². The van der Waals surface area contributed by atoms with Gasteiger partial charge in [0.2, 0.25) is 5.91 Å². The zero-order valence-corrected chi connectivity index (χ0v) is 25.3. The smallest absolute Gasteiger partial charge is 0.268 e. The van der Waals surface area contributed by atoms with E-state index in [2.05, 4.69) is 0 Å². The van der Waals surface area contributed by atoms with Crippen molar-refractivity contribution in [2.24, 2.45) is 5.73 Å². The summed E-state index contributed by atoms with van der Waals surface area (Å²) in [4.78, 5) is 15.1. The molecule has 42 heavy (non-hydrogen) atoms. The quantitative estimate of drug-likeness (QED) is 0.247. The van der Waals surface area contributed by atoms with E-state index in [4.69, 9.17) is 38.4 Å². The van der Waals surface area contributed by atoms with Gasteiger partial charge in [-0.3, -0.25) is 4.79 Å².